The fraction of sp³-hybridized carbons (Fsp3) is 0.200. The summed E-state index contributed by atoms with van der Waals surface area (Å²) in [6, 6.07) is 23.6. The molecule has 160 valence electrons. The van der Waals surface area contributed by atoms with E-state index < -0.39 is 11.5 Å². The molecule has 0 spiro atoms. The number of anilines is 1. The Morgan fingerprint density at radius 3 is 2.03 bits per heavy atom. The first-order valence-corrected chi connectivity index (χ1v) is 11.0. The minimum Gasteiger partial charge on any atom is -0.372 e. The van der Waals surface area contributed by atoms with Crippen molar-refractivity contribution in [2.45, 2.75) is 19.4 Å². The van der Waals surface area contributed by atoms with Gasteiger partial charge >= 0.3 is 0 Å². The Labute approximate surface area is 191 Å². The zero-order valence-corrected chi connectivity index (χ0v) is 19.2. The standard InChI is InChI=1S/C25H26BrN3O2/c1-3-29(4-2)23-16-15-19(17-22(23)26)18-27-28-24(30)25(31,20-11-7-5-8-12-20)21-13-9-6-10-14-21/h5-18,31H,3-4H2,1-2H3,(H,28,30)/b27-18-. The van der Waals surface area contributed by atoms with Gasteiger partial charge in [-0.1, -0.05) is 66.7 Å². The molecule has 0 bridgehead atoms. The maximum absolute atomic E-state index is 13.1. The molecule has 0 radical (unpaired) electrons. The number of hydrazone groups is 1. The largest absolute Gasteiger partial charge is 0.372 e. The van der Waals surface area contributed by atoms with Crippen molar-refractivity contribution in [3.05, 3.63) is 100 Å². The van der Waals surface area contributed by atoms with Crippen LogP contribution in [-0.4, -0.2) is 30.3 Å². The topological polar surface area (TPSA) is 64.9 Å². The van der Waals surface area contributed by atoms with Gasteiger partial charge in [0.2, 0.25) is 0 Å². The minimum atomic E-state index is -1.85. The number of amides is 1. The Morgan fingerprint density at radius 1 is 1.00 bits per heavy atom. The molecular formula is C25H26BrN3O2. The highest BCUT2D eigenvalue weighted by Crippen LogP contribution is 2.30. The highest BCUT2D eigenvalue weighted by molar-refractivity contribution is 9.10. The van der Waals surface area contributed by atoms with Crippen LogP contribution in [-0.2, 0) is 10.4 Å². The Bertz CT molecular complexity index is 996. The van der Waals surface area contributed by atoms with Crippen LogP contribution in [0.3, 0.4) is 0 Å². The van der Waals surface area contributed by atoms with Gasteiger partial charge in [0, 0.05) is 17.6 Å². The molecule has 0 heterocycles. The summed E-state index contributed by atoms with van der Waals surface area (Å²) < 4.78 is 0.955. The number of hydrogen-bond acceptors (Lipinski definition) is 4. The normalized spacial score (nSPS) is 11.5. The quantitative estimate of drug-likeness (QED) is 0.364. The van der Waals surface area contributed by atoms with Crippen LogP contribution in [0.2, 0.25) is 0 Å². The number of rotatable bonds is 8. The van der Waals surface area contributed by atoms with E-state index in [4.69, 9.17) is 0 Å². The predicted molar refractivity (Wildman–Crippen MR) is 129 cm³/mol. The summed E-state index contributed by atoms with van der Waals surface area (Å²) in [7, 11) is 0. The maximum Gasteiger partial charge on any atom is 0.281 e. The van der Waals surface area contributed by atoms with E-state index in [0.29, 0.717) is 11.1 Å². The molecule has 3 aromatic rings. The summed E-state index contributed by atoms with van der Waals surface area (Å²) in [5.41, 5.74) is 3.52. The van der Waals surface area contributed by atoms with Crippen LogP contribution >= 0.6 is 15.9 Å². The lowest BCUT2D eigenvalue weighted by molar-refractivity contribution is -0.136. The molecule has 1 amide bonds. The van der Waals surface area contributed by atoms with Crippen molar-refractivity contribution in [2.75, 3.05) is 18.0 Å². The van der Waals surface area contributed by atoms with E-state index in [1.54, 1.807) is 54.7 Å². The lowest BCUT2D eigenvalue weighted by Gasteiger charge is -2.27. The number of hydrogen-bond donors (Lipinski definition) is 2. The third kappa shape index (κ3) is 5.03. The van der Waals surface area contributed by atoms with E-state index in [2.05, 4.69) is 45.2 Å². The fourth-order valence-corrected chi connectivity index (χ4v) is 4.11. The molecule has 5 nitrogen and oxygen atoms in total. The van der Waals surface area contributed by atoms with Gasteiger partial charge in [0.05, 0.1) is 11.9 Å². The van der Waals surface area contributed by atoms with E-state index in [0.717, 1.165) is 28.8 Å². The van der Waals surface area contributed by atoms with Crippen LogP contribution in [0.5, 0.6) is 0 Å². The molecule has 0 aromatic heterocycles. The van der Waals surface area contributed by atoms with Gasteiger partial charge < -0.3 is 10.0 Å². The molecule has 0 unspecified atom stereocenters. The number of carbonyl (C=O) groups excluding carboxylic acids is 1. The summed E-state index contributed by atoms with van der Waals surface area (Å²) >= 11 is 3.61. The molecular weight excluding hydrogens is 454 g/mol. The van der Waals surface area contributed by atoms with Gasteiger partial charge in [-0.05, 0) is 58.6 Å². The van der Waals surface area contributed by atoms with Crippen molar-refractivity contribution in [2.24, 2.45) is 5.10 Å². The van der Waals surface area contributed by atoms with Crippen molar-refractivity contribution < 1.29 is 9.90 Å². The molecule has 0 aliphatic carbocycles. The van der Waals surface area contributed by atoms with Gasteiger partial charge in [-0.2, -0.15) is 5.10 Å². The van der Waals surface area contributed by atoms with Crippen LogP contribution in [0.1, 0.15) is 30.5 Å². The molecule has 3 aromatic carbocycles. The van der Waals surface area contributed by atoms with Crippen LogP contribution in [0.4, 0.5) is 5.69 Å². The summed E-state index contributed by atoms with van der Waals surface area (Å²) in [5.74, 6) is -0.625. The van der Waals surface area contributed by atoms with E-state index in [9.17, 15) is 9.90 Å². The molecule has 0 saturated heterocycles. The zero-order valence-electron chi connectivity index (χ0n) is 17.6. The molecule has 3 rings (SSSR count). The third-order valence-corrected chi connectivity index (χ3v) is 5.80. The summed E-state index contributed by atoms with van der Waals surface area (Å²) in [5, 5.41) is 15.5. The fourth-order valence-electron chi connectivity index (χ4n) is 3.46. The van der Waals surface area contributed by atoms with E-state index in [-0.39, 0.29) is 0 Å². The highest BCUT2D eigenvalue weighted by Gasteiger charge is 2.39. The lowest BCUT2D eigenvalue weighted by atomic mass is 9.85. The highest BCUT2D eigenvalue weighted by atomic mass is 79.9. The summed E-state index contributed by atoms with van der Waals surface area (Å²) in [6.07, 6.45) is 1.56. The van der Waals surface area contributed by atoms with Crippen LogP contribution in [0.25, 0.3) is 0 Å². The second-order valence-electron chi connectivity index (χ2n) is 7.02. The Kier molecular flexibility index (Phi) is 7.60. The van der Waals surface area contributed by atoms with Crippen molar-refractivity contribution in [3.8, 4) is 0 Å². The third-order valence-electron chi connectivity index (χ3n) is 5.17. The van der Waals surface area contributed by atoms with E-state index >= 15 is 0 Å². The summed E-state index contributed by atoms with van der Waals surface area (Å²) in [6.45, 7) is 6.05. The first-order chi connectivity index (χ1) is 15.0. The van der Waals surface area contributed by atoms with E-state index in [1.165, 1.54) is 0 Å². The molecule has 0 fully saturated rings. The smallest absolute Gasteiger partial charge is 0.281 e. The monoisotopic (exact) mass is 479 g/mol. The summed E-state index contributed by atoms with van der Waals surface area (Å²) in [4.78, 5) is 15.3. The van der Waals surface area contributed by atoms with Gasteiger partial charge in [0.25, 0.3) is 5.91 Å². The number of halogens is 1. The van der Waals surface area contributed by atoms with Crippen molar-refractivity contribution >= 4 is 33.7 Å². The number of nitrogens with zero attached hydrogens (tertiary/aromatic N) is 2. The lowest BCUT2D eigenvalue weighted by Crippen LogP contribution is -2.43. The number of benzene rings is 3. The SMILES string of the molecule is CCN(CC)c1ccc(/C=N\NC(=O)C(O)(c2ccccc2)c2ccccc2)cc1Br. The van der Waals surface area contributed by atoms with Gasteiger partial charge in [-0.15, -0.1) is 0 Å². The van der Waals surface area contributed by atoms with Crippen molar-refractivity contribution in [1.82, 2.24) is 5.43 Å². The number of carbonyl (C=O) groups is 1. The number of nitrogens with one attached hydrogen (secondary N) is 1. The molecule has 0 aliphatic heterocycles. The molecule has 2 N–H and O–H groups in total. The second kappa shape index (κ2) is 10.4. The van der Waals surface area contributed by atoms with Gasteiger partial charge in [0.1, 0.15) is 0 Å². The van der Waals surface area contributed by atoms with Crippen LogP contribution in [0.15, 0.2) is 88.4 Å². The zero-order chi connectivity index (χ0) is 22.3. The van der Waals surface area contributed by atoms with Crippen LogP contribution in [0, 0.1) is 0 Å². The van der Waals surface area contributed by atoms with Gasteiger partial charge in [-0.3, -0.25) is 4.79 Å². The van der Waals surface area contributed by atoms with Crippen molar-refractivity contribution in [1.29, 1.82) is 0 Å². The first-order valence-electron chi connectivity index (χ1n) is 10.2. The minimum absolute atomic E-state index is 0.472. The molecule has 0 saturated carbocycles. The molecule has 0 aliphatic rings. The first kappa shape index (κ1) is 22.7. The average Bonchev–Trinajstić information content (AvgIpc) is 2.81. The maximum atomic E-state index is 13.1. The van der Waals surface area contributed by atoms with Crippen LogP contribution < -0.4 is 10.3 Å². The number of aliphatic hydroxyl groups is 1. The Hall–Kier alpha value is -2.96. The second-order valence-corrected chi connectivity index (χ2v) is 7.88. The molecule has 0 atom stereocenters. The molecule has 6 heteroatoms. The average molecular weight is 480 g/mol. The Balaban J connectivity index is 1.82. The predicted octanol–water partition coefficient (Wildman–Crippen LogP) is 4.68. The van der Waals surface area contributed by atoms with Gasteiger partial charge in [-0.25, -0.2) is 5.43 Å². The van der Waals surface area contributed by atoms with Gasteiger partial charge in [0.15, 0.2) is 5.60 Å². The van der Waals surface area contributed by atoms with Crippen molar-refractivity contribution in [3.63, 3.8) is 0 Å². The Morgan fingerprint density at radius 2 is 1.55 bits per heavy atom. The molecule has 31 heavy (non-hydrogen) atoms. The van der Waals surface area contributed by atoms with E-state index in [1.807, 2.05) is 30.3 Å².